The van der Waals surface area contributed by atoms with Gasteiger partial charge in [0.25, 0.3) is 0 Å². The van der Waals surface area contributed by atoms with E-state index in [1.807, 2.05) is 4.90 Å². The summed E-state index contributed by atoms with van der Waals surface area (Å²) in [7, 11) is 0. The smallest absolute Gasteiger partial charge is 0.225 e. The number of piperidine rings is 1. The maximum Gasteiger partial charge on any atom is 0.225 e. The quantitative estimate of drug-likeness (QED) is 0.706. The standard InChI is InChI=1S/C14H28N2O2/c1-3-12(4-2)14(17)16-9-6-13(7-10-16)18-11-5-8-15/h12-13H,3-11,15H2,1-2H3. The van der Waals surface area contributed by atoms with Crippen molar-refractivity contribution in [1.29, 1.82) is 0 Å². The zero-order valence-electron chi connectivity index (χ0n) is 11.9. The lowest BCUT2D eigenvalue weighted by Crippen LogP contribution is -2.43. The lowest BCUT2D eigenvalue weighted by molar-refractivity contribution is -0.138. The van der Waals surface area contributed by atoms with Crippen molar-refractivity contribution < 1.29 is 9.53 Å². The van der Waals surface area contributed by atoms with E-state index in [4.69, 9.17) is 10.5 Å². The van der Waals surface area contributed by atoms with Crippen molar-refractivity contribution in [1.82, 2.24) is 4.90 Å². The number of rotatable bonds is 7. The summed E-state index contributed by atoms with van der Waals surface area (Å²) in [6.45, 7) is 7.32. The maximum atomic E-state index is 12.2. The van der Waals surface area contributed by atoms with Crippen molar-refractivity contribution in [2.45, 2.75) is 52.1 Å². The molecule has 1 heterocycles. The molecule has 0 spiro atoms. The zero-order chi connectivity index (χ0) is 13.4. The molecule has 0 unspecified atom stereocenters. The molecule has 0 radical (unpaired) electrons. The second-order valence-corrected chi connectivity index (χ2v) is 5.05. The minimum Gasteiger partial charge on any atom is -0.378 e. The first-order chi connectivity index (χ1) is 8.72. The highest BCUT2D eigenvalue weighted by Gasteiger charge is 2.26. The Bertz CT molecular complexity index is 234. The van der Waals surface area contributed by atoms with Gasteiger partial charge >= 0.3 is 0 Å². The van der Waals surface area contributed by atoms with Crippen molar-refractivity contribution in [2.75, 3.05) is 26.2 Å². The number of hydrogen-bond donors (Lipinski definition) is 1. The Labute approximate surface area is 111 Å². The molecular weight excluding hydrogens is 228 g/mol. The van der Waals surface area contributed by atoms with Gasteiger partial charge in [0, 0.05) is 25.6 Å². The SMILES string of the molecule is CCC(CC)C(=O)N1CCC(OCCCN)CC1. The first-order valence-electron chi connectivity index (χ1n) is 7.33. The summed E-state index contributed by atoms with van der Waals surface area (Å²) < 4.78 is 5.75. The van der Waals surface area contributed by atoms with Gasteiger partial charge < -0.3 is 15.4 Å². The van der Waals surface area contributed by atoms with Gasteiger partial charge in [-0.3, -0.25) is 4.79 Å². The molecule has 0 bridgehead atoms. The Morgan fingerprint density at radius 1 is 1.33 bits per heavy atom. The summed E-state index contributed by atoms with van der Waals surface area (Å²) >= 11 is 0. The largest absolute Gasteiger partial charge is 0.378 e. The van der Waals surface area contributed by atoms with Crippen LogP contribution in [0.4, 0.5) is 0 Å². The van der Waals surface area contributed by atoms with Crippen molar-refractivity contribution in [3.8, 4) is 0 Å². The molecule has 0 aromatic rings. The highest BCUT2D eigenvalue weighted by molar-refractivity contribution is 5.78. The minimum atomic E-state index is 0.208. The molecule has 1 amide bonds. The lowest BCUT2D eigenvalue weighted by atomic mass is 9.99. The molecule has 0 saturated carbocycles. The summed E-state index contributed by atoms with van der Waals surface area (Å²) in [4.78, 5) is 14.2. The van der Waals surface area contributed by atoms with Crippen LogP contribution in [-0.2, 0) is 9.53 Å². The van der Waals surface area contributed by atoms with E-state index in [0.717, 1.165) is 51.8 Å². The van der Waals surface area contributed by atoms with E-state index in [2.05, 4.69) is 13.8 Å². The molecule has 18 heavy (non-hydrogen) atoms. The molecule has 2 N–H and O–H groups in total. The average molecular weight is 256 g/mol. The molecule has 4 heteroatoms. The first-order valence-corrected chi connectivity index (χ1v) is 7.33. The molecule has 1 saturated heterocycles. The van der Waals surface area contributed by atoms with E-state index in [0.29, 0.717) is 18.6 Å². The van der Waals surface area contributed by atoms with Crippen LogP contribution < -0.4 is 5.73 Å². The van der Waals surface area contributed by atoms with Gasteiger partial charge in [0.05, 0.1) is 6.10 Å². The number of hydrogen-bond acceptors (Lipinski definition) is 3. The van der Waals surface area contributed by atoms with Crippen LogP contribution in [0.25, 0.3) is 0 Å². The fraction of sp³-hybridized carbons (Fsp3) is 0.929. The Hall–Kier alpha value is -0.610. The third-order valence-electron chi connectivity index (χ3n) is 3.79. The monoisotopic (exact) mass is 256 g/mol. The van der Waals surface area contributed by atoms with Gasteiger partial charge in [-0.15, -0.1) is 0 Å². The number of likely N-dealkylation sites (tertiary alicyclic amines) is 1. The molecule has 0 atom stereocenters. The lowest BCUT2D eigenvalue weighted by Gasteiger charge is -2.34. The topological polar surface area (TPSA) is 55.6 Å². The number of nitrogens with zero attached hydrogens (tertiary/aromatic N) is 1. The maximum absolute atomic E-state index is 12.2. The van der Waals surface area contributed by atoms with E-state index >= 15 is 0 Å². The number of carbonyl (C=O) groups is 1. The van der Waals surface area contributed by atoms with Crippen LogP contribution in [0.5, 0.6) is 0 Å². The Balaban J connectivity index is 2.28. The van der Waals surface area contributed by atoms with Gasteiger partial charge in [0.2, 0.25) is 5.91 Å². The molecule has 1 fully saturated rings. The van der Waals surface area contributed by atoms with Gasteiger partial charge in [-0.1, -0.05) is 13.8 Å². The average Bonchev–Trinajstić information content (AvgIpc) is 2.41. The second kappa shape index (κ2) is 8.48. The van der Waals surface area contributed by atoms with E-state index in [1.54, 1.807) is 0 Å². The fourth-order valence-electron chi connectivity index (χ4n) is 2.47. The van der Waals surface area contributed by atoms with Crippen molar-refractivity contribution in [3.63, 3.8) is 0 Å². The second-order valence-electron chi connectivity index (χ2n) is 5.05. The summed E-state index contributed by atoms with van der Waals surface area (Å²) in [6.07, 6.45) is 5.08. The minimum absolute atomic E-state index is 0.208. The number of nitrogens with two attached hydrogens (primary N) is 1. The Kier molecular flexibility index (Phi) is 7.28. The zero-order valence-corrected chi connectivity index (χ0v) is 11.9. The van der Waals surface area contributed by atoms with Crippen LogP contribution in [0, 0.1) is 5.92 Å². The van der Waals surface area contributed by atoms with E-state index in [1.165, 1.54) is 0 Å². The highest BCUT2D eigenvalue weighted by atomic mass is 16.5. The molecule has 1 aliphatic heterocycles. The van der Waals surface area contributed by atoms with Crippen LogP contribution in [-0.4, -0.2) is 43.2 Å². The van der Waals surface area contributed by atoms with Crippen LogP contribution in [0.2, 0.25) is 0 Å². The summed E-state index contributed by atoms with van der Waals surface area (Å²) in [5.41, 5.74) is 5.44. The summed E-state index contributed by atoms with van der Waals surface area (Å²) in [6, 6.07) is 0. The fourth-order valence-corrected chi connectivity index (χ4v) is 2.47. The number of ether oxygens (including phenoxy) is 1. The molecular formula is C14H28N2O2. The predicted octanol–water partition coefficient (Wildman–Crippen LogP) is 1.78. The van der Waals surface area contributed by atoms with E-state index in [9.17, 15) is 4.79 Å². The number of amides is 1. The van der Waals surface area contributed by atoms with Gasteiger partial charge in [-0.25, -0.2) is 0 Å². The van der Waals surface area contributed by atoms with Crippen molar-refractivity contribution in [3.05, 3.63) is 0 Å². The van der Waals surface area contributed by atoms with Crippen LogP contribution >= 0.6 is 0 Å². The van der Waals surface area contributed by atoms with Crippen LogP contribution in [0.15, 0.2) is 0 Å². The predicted molar refractivity (Wildman–Crippen MR) is 73.3 cm³/mol. The molecule has 0 aliphatic carbocycles. The van der Waals surface area contributed by atoms with Gasteiger partial charge in [0.15, 0.2) is 0 Å². The normalized spacial score (nSPS) is 17.4. The van der Waals surface area contributed by atoms with Crippen LogP contribution in [0.1, 0.15) is 46.0 Å². The molecule has 1 rings (SSSR count). The third-order valence-corrected chi connectivity index (χ3v) is 3.79. The van der Waals surface area contributed by atoms with Gasteiger partial charge in [-0.2, -0.15) is 0 Å². The molecule has 106 valence electrons. The summed E-state index contributed by atoms with van der Waals surface area (Å²) in [5, 5.41) is 0. The number of carbonyl (C=O) groups excluding carboxylic acids is 1. The van der Waals surface area contributed by atoms with E-state index < -0.39 is 0 Å². The molecule has 4 nitrogen and oxygen atoms in total. The Morgan fingerprint density at radius 2 is 1.94 bits per heavy atom. The van der Waals surface area contributed by atoms with Gasteiger partial charge in [0.1, 0.15) is 0 Å². The molecule has 1 aliphatic rings. The van der Waals surface area contributed by atoms with E-state index in [-0.39, 0.29) is 5.92 Å². The summed E-state index contributed by atoms with van der Waals surface area (Å²) in [5.74, 6) is 0.542. The van der Waals surface area contributed by atoms with Crippen molar-refractivity contribution >= 4 is 5.91 Å². The van der Waals surface area contributed by atoms with Crippen molar-refractivity contribution in [2.24, 2.45) is 11.7 Å². The highest BCUT2D eigenvalue weighted by Crippen LogP contribution is 2.18. The first kappa shape index (κ1) is 15.4. The molecule has 0 aromatic heterocycles. The van der Waals surface area contributed by atoms with Crippen LogP contribution in [0.3, 0.4) is 0 Å². The molecule has 0 aromatic carbocycles. The van der Waals surface area contributed by atoms with Gasteiger partial charge in [-0.05, 0) is 38.6 Å². The third kappa shape index (κ3) is 4.58. The Morgan fingerprint density at radius 3 is 2.44 bits per heavy atom.